The molecule has 1 atom stereocenters. The van der Waals surface area contributed by atoms with Crippen LogP contribution in [0.25, 0.3) is 0 Å². The highest BCUT2D eigenvalue weighted by molar-refractivity contribution is 5.14. The Morgan fingerprint density at radius 3 is 2.62 bits per heavy atom. The number of hydrogen-bond acceptors (Lipinski definition) is 2. The number of benzene rings is 1. The second kappa shape index (κ2) is 5.73. The van der Waals surface area contributed by atoms with Gasteiger partial charge in [0.05, 0.1) is 6.61 Å². The Labute approximate surface area is 79.9 Å². The first-order valence-corrected chi connectivity index (χ1v) is 4.59. The average Bonchev–Trinajstić information content (AvgIpc) is 2.17. The lowest BCUT2D eigenvalue weighted by Crippen LogP contribution is -2.29. The van der Waals surface area contributed by atoms with Crippen molar-refractivity contribution in [3.8, 4) is 0 Å². The van der Waals surface area contributed by atoms with Crippen molar-refractivity contribution in [3.05, 3.63) is 35.9 Å². The lowest BCUT2D eigenvalue weighted by Gasteiger charge is -2.12. The third-order valence-corrected chi connectivity index (χ3v) is 1.91. The third-order valence-electron chi connectivity index (χ3n) is 1.91. The molecular formula is C11H17NO. The van der Waals surface area contributed by atoms with E-state index in [9.17, 15) is 0 Å². The maximum Gasteiger partial charge on any atom is 0.0613 e. The summed E-state index contributed by atoms with van der Waals surface area (Å²) in [5.74, 6) is 0. The van der Waals surface area contributed by atoms with Crippen LogP contribution in [0.2, 0.25) is 0 Å². The molecule has 0 radical (unpaired) electrons. The van der Waals surface area contributed by atoms with Gasteiger partial charge in [-0.2, -0.15) is 0 Å². The van der Waals surface area contributed by atoms with Crippen molar-refractivity contribution in [2.75, 3.05) is 13.7 Å². The Morgan fingerprint density at radius 1 is 1.31 bits per heavy atom. The van der Waals surface area contributed by atoms with E-state index in [0.29, 0.717) is 6.04 Å². The van der Waals surface area contributed by atoms with Crippen LogP contribution in [0.15, 0.2) is 30.3 Å². The van der Waals surface area contributed by atoms with Gasteiger partial charge in [-0.1, -0.05) is 30.3 Å². The van der Waals surface area contributed by atoms with Crippen LogP contribution >= 0.6 is 0 Å². The molecular weight excluding hydrogens is 162 g/mol. The van der Waals surface area contributed by atoms with Gasteiger partial charge in [-0.15, -0.1) is 0 Å². The number of methoxy groups -OCH3 is 1. The van der Waals surface area contributed by atoms with E-state index in [0.717, 1.165) is 13.2 Å². The third kappa shape index (κ3) is 4.06. The predicted molar refractivity (Wildman–Crippen MR) is 54.6 cm³/mol. The molecule has 1 rings (SSSR count). The molecule has 0 heterocycles. The van der Waals surface area contributed by atoms with Crippen molar-refractivity contribution >= 4 is 0 Å². The lowest BCUT2D eigenvalue weighted by molar-refractivity contribution is 0.171. The maximum atomic E-state index is 5.03. The molecule has 2 nitrogen and oxygen atoms in total. The molecule has 1 aromatic rings. The van der Waals surface area contributed by atoms with Crippen molar-refractivity contribution in [2.45, 2.75) is 19.5 Å². The standard InChI is InChI=1S/C11H17NO/c1-10(9-13-2)12-8-11-6-4-3-5-7-11/h3-7,10,12H,8-9H2,1-2H3/t10-/m0/s1. The minimum Gasteiger partial charge on any atom is -0.383 e. The van der Waals surface area contributed by atoms with Crippen molar-refractivity contribution in [1.29, 1.82) is 0 Å². The Kier molecular flexibility index (Phi) is 4.50. The first-order chi connectivity index (χ1) is 6.33. The van der Waals surface area contributed by atoms with Gasteiger partial charge >= 0.3 is 0 Å². The summed E-state index contributed by atoms with van der Waals surface area (Å²) in [5, 5.41) is 3.37. The van der Waals surface area contributed by atoms with Crippen LogP contribution in [-0.2, 0) is 11.3 Å². The van der Waals surface area contributed by atoms with E-state index < -0.39 is 0 Å². The summed E-state index contributed by atoms with van der Waals surface area (Å²) in [4.78, 5) is 0. The number of rotatable bonds is 5. The molecule has 0 saturated heterocycles. The summed E-state index contributed by atoms with van der Waals surface area (Å²) in [6, 6.07) is 10.8. The van der Waals surface area contributed by atoms with E-state index in [4.69, 9.17) is 4.74 Å². The van der Waals surface area contributed by atoms with E-state index in [2.05, 4.69) is 36.5 Å². The molecule has 0 spiro atoms. The van der Waals surface area contributed by atoms with Crippen LogP contribution in [0.4, 0.5) is 0 Å². The van der Waals surface area contributed by atoms with Gasteiger partial charge in [0.25, 0.3) is 0 Å². The van der Waals surface area contributed by atoms with Gasteiger partial charge in [0, 0.05) is 19.7 Å². The minimum atomic E-state index is 0.408. The predicted octanol–water partition coefficient (Wildman–Crippen LogP) is 1.81. The zero-order chi connectivity index (χ0) is 9.52. The highest BCUT2D eigenvalue weighted by Gasteiger charge is 1.99. The zero-order valence-electron chi connectivity index (χ0n) is 8.29. The van der Waals surface area contributed by atoms with Crippen LogP contribution in [-0.4, -0.2) is 19.8 Å². The van der Waals surface area contributed by atoms with Gasteiger partial charge in [0.2, 0.25) is 0 Å². The molecule has 0 aliphatic heterocycles. The van der Waals surface area contributed by atoms with Crippen molar-refractivity contribution < 1.29 is 4.74 Å². The molecule has 0 aliphatic carbocycles. The van der Waals surface area contributed by atoms with Crippen LogP contribution < -0.4 is 5.32 Å². The maximum absolute atomic E-state index is 5.03. The molecule has 13 heavy (non-hydrogen) atoms. The van der Waals surface area contributed by atoms with Gasteiger partial charge in [-0.3, -0.25) is 0 Å². The quantitative estimate of drug-likeness (QED) is 0.744. The second-order valence-electron chi connectivity index (χ2n) is 3.22. The Bertz CT molecular complexity index is 223. The summed E-state index contributed by atoms with van der Waals surface area (Å²) in [6.45, 7) is 3.78. The first kappa shape index (κ1) is 10.2. The molecule has 2 heteroatoms. The Balaban J connectivity index is 2.27. The number of nitrogens with one attached hydrogen (secondary N) is 1. The van der Waals surface area contributed by atoms with Crippen molar-refractivity contribution in [2.24, 2.45) is 0 Å². The molecule has 1 N–H and O–H groups in total. The summed E-state index contributed by atoms with van der Waals surface area (Å²) in [5.41, 5.74) is 1.31. The van der Waals surface area contributed by atoms with Gasteiger partial charge in [0.1, 0.15) is 0 Å². The SMILES string of the molecule is COC[C@H](C)NCc1ccccc1. The van der Waals surface area contributed by atoms with E-state index in [1.54, 1.807) is 7.11 Å². The summed E-state index contributed by atoms with van der Waals surface area (Å²) in [6.07, 6.45) is 0. The van der Waals surface area contributed by atoms with E-state index in [1.165, 1.54) is 5.56 Å². The Morgan fingerprint density at radius 2 is 2.00 bits per heavy atom. The number of hydrogen-bond donors (Lipinski definition) is 1. The second-order valence-corrected chi connectivity index (χ2v) is 3.22. The topological polar surface area (TPSA) is 21.3 Å². The minimum absolute atomic E-state index is 0.408. The molecule has 0 saturated carbocycles. The van der Waals surface area contributed by atoms with E-state index >= 15 is 0 Å². The highest BCUT2D eigenvalue weighted by atomic mass is 16.5. The smallest absolute Gasteiger partial charge is 0.0613 e. The van der Waals surface area contributed by atoms with Crippen LogP contribution in [0.1, 0.15) is 12.5 Å². The fourth-order valence-corrected chi connectivity index (χ4v) is 1.20. The normalized spacial score (nSPS) is 12.8. The van der Waals surface area contributed by atoms with Crippen LogP contribution in [0.5, 0.6) is 0 Å². The summed E-state index contributed by atoms with van der Waals surface area (Å²) >= 11 is 0. The zero-order valence-corrected chi connectivity index (χ0v) is 8.29. The van der Waals surface area contributed by atoms with E-state index in [1.807, 2.05) is 6.07 Å². The summed E-state index contributed by atoms with van der Waals surface area (Å²) in [7, 11) is 1.72. The van der Waals surface area contributed by atoms with Gasteiger partial charge < -0.3 is 10.1 Å². The number of ether oxygens (including phenoxy) is 1. The van der Waals surface area contributed by atoms with Gasteiger partial charge in [-0.05, 0) is 12.5 Å². The van der Waals surface area contributed by atoms with Crippen LogP contribution in [0, 0.1) is 0 Å². The fraction of sp³-hybridized carbons (Fsp3) is 0.455. The molecule has 0 amide bonds. The molecule has 0 aromatic heterocycles. The molecule has 0 aliphatic rings. The molecule has 72 valence electrons. The van der Waals surface area contributed by atoms with E-state index in [-0.39, 0.29) is 0 Å². The van der Waals surface area contributed by atoms with Crippen molar-refractivity contribution in [1.82, 2.24) is 5.32 Å². The van der Waals surface area contributed by atoms with Crippen molar-refractivity contribution in [3.63, 3.8) is 0 Å². The molecule has 1 aromatic carbocycles. The fourth-order valence-electron chi connectivity index (χ4n) is 1.20. The Hall–Kier alpha value is -0.860. The summed E-state index contributed by atoms with van der Waals surface area (Å²) < 4.78 is 5.03. The highest BCUT2D eigenvalue weighted by Crippen LogP contribution is 1.97. The molecule has 0 bridgehead atoms. The molecule has 0 unspecified atom stereocenters. The van der Waals surface area contributed by atoms with Gasteiger partial charge in [0.15, 0.2) is 0 Å². The average molecular weight is 179 g/mol. The van der Waals surface area contributed by atoms with Gasteiger partial charge in [-0.25, -0.2) is 0 Å². The lowest BCUT2D eigenvalue weighted by atomic mass is 10.2. The monoisotopic (exact) mass is 179 g/mol. The molecule has 0 fully saturated rings. The largest absolute Gasteiger partial charge is 0.383 e. The first-order valence-electron chi connectivity index (χ1n) is 4.59. The van der Waals surface area contributed by atoms with Crippen LogP contribution in [0.3, 0.4) is 0 Å².